The van der Waals surface area contributed by atoms with Gasteiger partial charge in [-0.2, -0.15) is 0 Å². The molecule has 1 aromatic heterocycles. The van der Waals surface area contributed by atoms with Crippen LogP contribution in [-0.4, -0.2) is 50.4 Å². The van der Waals surface area contributed by atoms with E-state index in [1.165, 1.54) is 6.07 Å². The first-order valence-electron chi connectivity index (χ1n) is 10.6. The highest BCUT2D eigenvalue weighted by atomic mass is 16.6. The number of carbonyl (C=O) groups excluding carboxylic acids is 1. The van der Waals surface area contributed by atoms with E-state index in [2.05, 4.69) is 0 Å². The van der Waals surface area contributed by atoms with Gasteiger partial charge < -0.3 is 24.4 Å². The van der Waals surface area contributed by atoms with E-state index in [1.807, 2.05) is 20.8 Å². The number of rotatable bonds is 3. The summed E-state index contributed by atoms with van der Waals surface area (Å²) in [5.41, 5.74) is -0.935. The van der Waals surface area contributed by atoms with Crippen molar-refractivity contribution >= 4 is 12.1 Å². The number of carboxylic acid groups (broad SMARTS) is 1. The average Bonchev–Trinajstić information content (AvgIpc) is 2.67. The van der Waals surface area contributed by atoms with Crippen molar-refractivity contribution in [3.63, 3.8) is 0 Å². The van der Waals surface area contributed by atoms with Gasteiger partial charge in [-0.3, -0.25) is 4.79 Å². The van der Waals surface area contributed by atoms with Crippen LogP contribution in [0, 0.1) is 5.41 Å². The van der Waals surface area contributed by atoms with E-state index in [0.717, 1.165) is 38.5 Å². The second-order valence-electron chi connectivity index (χ2n) is 9.58. The van der Waals surface area contributed by atoms with Crippen LogP contribution in [0.15, 0.2) is 17.1 Å². The van der Waals surface area contributed by atoms with Crippen molar-refractivity contribution in [1.29, 1.82) is 0 Å². The van der Waals surface area contributed by atoms with Gasteiger partial charge in [-0.05, 0) is 70.8 Å². The minimum Gasteiger partial charge on any atom is -0.478 e. The second-order valence-corrected chi connectivity index (χ2v) is 9.58. The fourth-order valence-corrected chi connectivity index (χ4v) is 4.72. The number of pyridine rings is 1. The van der Waals surface area contributed by atoms with E-state index in [9.17, 15) is 24.6 Å². The Kier molecular flexibility index (Phi) is 6.26. The first-order valence-corrected chi connectivity index (χ1v) is 10.6. The Balaban J connectivity index is 1.63. The lowest BCUT2D eigenvalue weighted by Gasteiger charge is -2.46. The second kappa shape index (κ2) is 8.41. The maximum Gasteiger partial charge on any atom is 0.410 e. The molecule has 30 heavy (non-hydrogen) atoms. The SMILES string of the molecule is CC(C)(C)OC(=O)N1CCC2(CCC(n3ccc(C(=O)O)c(CO)c3=O)CC2)CC1. The van der Waals surface area contributed by atoms with Gasteiger partial charge in [-0.1, -0.05) is 0 Å². The molecule has 1 amide bonds. The van der Waals surface area contributed by atoms with Gasteiger partial charge >= 0.3 is 12.1 Å². The summed E-state index contributed by atoms with van der Waals surface area (Å²) in [6.07, 6.45) is 6.70. The first-order chi connectivity index (χ1) is 14.1. The molecule has 0 atom stereocenters. The maximum absolute atomic E-state index is 12.7. The van der Waals surface area contributed by atoms with E-state index < -0.39 is 23.7 Å². The van der Waals surface area contributed by atoms with Crippen LogP contribution < -0.4 is 5.56 Å². The van der Waals surface area contributed by atoms with Gasteiger partial charge in [-0.15, -0.1) is 0 Å². The predicted molar refractivity (Wildman–Crippen MR) is 111 cm³/mol. The first kappa shape index (κ1) is 22.3. The molecule has 1 saturated carbocycles. The van der Waals surface area contributed by atoms with E-state index in [0.29, 0.717) is 13.1 Å². The van der Waals surface area contributed by atoms with Crippen LogP contribution in [0.25, 0.3) is 0 Å². The Hall–Kier alpha value is -2.35. The van der Waals surface area contributed by atoms with Crippen molar-refractivity contribution in [2.24, 2.45) is 5.41 Å². The molecule has 0 aromatic carbocycles. The molecule has 8 heteroatoms. The Labute approximate surface area is 176 Å². The predicted octanol–water partition coefficient (Wildman–Crippen LogP) is 3.17. The van der Waals surface area contributed by atoms with Crippen LogP contribution in [0.3, 0.4) is 0 Å². The number of aromatic carboxylic acids is 1. The molecule has 0 unspecified atom stereocenters. The van der Waals surface area contributed by atoms with Crippen molar-refractivity contribution in [2.75, 3.05) is 13.1 Å². The standard InChI is InChI=1S/C22H32N2O6/c1-21(2,3)30-20(29)23-12-9-22(10-13-23)7-4-15(5-8-22)24-11-6-16(19(27)28)17(14-25)18(24)26/h6,11,15,25H,4-5,7-10,12-14H2,1-3H3,(H,27,28). The number of aromatic nitrogens is 1. The number of ether oxygens (including phenoxy) is 1. The van der Waals surface area contributed by atoms with Crippen molar-refractivity contribution in [3.05, 3.63) is 33.7 Å². The molecule has 0 radical (unpaired) electrons. The average molecular weight is 421 g/mol. The maximum atomic E-state index is 12.7. The summed E-state index contributed by atoms with van der Waals surface area (Å²) in [6, 6.07) is 1.40. The van der Waals surface area contributed by atoms with Crippen LogP contribution in [0.1, 0.15) is 81.3 Å². The van der Waals surface area contributed by atoms with Gasteiger partial charge in [0.25, 0.3) is 5.56 Å². The Morgan fingerprint density at radius 3 is 2.27 bits per heavy atom. The summed E-state index contributed by atoms with van der Waals surface area (Å²) in [7, 11) is 0. The summed E-state index contributed by atoms with van der Waals surface area (Å²) in [4.78, 5) is 38.1. The van der Waals surface area contributed by atoms with Gasteiger partial charge in [0.05, 0.1) is 17.7 Å². The third-order valence-electron chi connectivity index (χ3n) is 6.49. The van der Waals surface area contributed by atoms with Crippen LogP contribution in [0.4, 0.5) is 4.79 Å². The quantitative estimate of drug-likeness (QED) is 0.777. The molecule has 2 heterocycles. The number of piperidine rings is 1. The molecule has 3 rings (SSSR count). The summed E-state index contributed by atoms with van der Waals surface area (Å²) in [5, 5.41) is 18.7. The van der Waals surface area contributed by atoms with Crippen molar-refractivity contribution in [2.45, 2.75) is 77.5 Å². The lowest BCUT2D eigenvalue weighted by Crippen LogP contribution is -2.46. The largest absolute Gasteiger partial charge is 0.478 e. The lowest BCUT2D eigenvalue weighted by atomic mass is 9.67. The van der Waals surface area contributed by atoms with E-state index >= 15 is 0 Å². The fourth-order valence-electron chi connectivity index (χ4n) is 4.72. The van der Waals surface area contributed by atoms with Gasteiger partial charge in [0.15, 0.2) is 0 Å². The van der Waals surface area contributed by atoms with Gasteiger partial charge in [0.2, 0.25) is 0 Å². The van der Waals surface area contributed by atoms with Gasteiger partial charge in [-0.25, -0.2) is 9.59 Å². The van der Waals surface area contributed by atoms with Gasteiger partial charge in [0.1, 0.15) is 5.60 Å². The smallest absolute Gasteiger partial charge is 0.410 e. The zero-order valence-corrected chi connectivity index (χ0v) is 18.0. The van der Waals surface area contributed by atoms with E-state index in [1.54, 1.807) is 15.7 Å². The lowest BCUT2D eigenvalue weighted by molar-refractivity contribution is 0.00176. The third kappa shape index (κ3) is 4.69. The number of hydrogen-bond donors (Lipinski definition) is 2. The van der Waals surface area contributed by atoms with Crippen molar-refractivity contribution in [3.8, 4) is 0 Å². The molecular formula is C22H32N2O6. The van der Waals surface area contributed by atoms with Crippen LogP contribution in [-0.2, 0) is 11.3 Å². The minimum atomic E-state index is -1.21. The molecule has 2 N–H and O–H groups in total. The summed E-state index contributed by atoms with van der Waals surface area (Å²) in [5.74, 6) is -1.21. The topological polar surface area (TPSA) is 109 Å². The Morgan fingerprint density at radius 1 is 1.17 bits per heavy atom. The fraction of sp³-hybridized carbons (Fsp3) is 0.682. The minimum absolute atomic E-state index is 0.000144. The highest BCUT2D eigenvalue weighted by Gasteiger charge is 2.40. The number of carboxylic acids is 1. The summed E-state index contributed by atoms with van der Waals surface area (Å²) >= 11 is 0. The van der Waals surface area contributed by atoms with E-state index in [4.69, 9.17) is 4.74 Å². The Morgan fingerprint density at radius 2 is 1.77 bits per heavy atom. The van der Waals surface area contributed by atoms with Crippen LogP contribution >= 0.6 is 0 Å². The molecule has 2 aliphatic rings. The van der Waals surface area contributed by atoms with Crippen molar-refractivity contribution in [1.82, 2.24) is 9.47 Å². The molecule has 8 nitrogen and oxygen atoms in total. The number of amides is 1. The molecule has 1 aliphatic heterocycles. The number of likely N-dealkylation sites (tertiary alicyclic amines) is 1. The molecule has 166 valence electrons. The molecule has 1 saturated heterocycles. The molecule has 1 aliphatic carbocycles. The zero-order chi connectivity index (χ0) is 22.1. The molecule has 0 bridgehead atoms. The third-order valence-corrected chi connectivity index (χ3v) is 6.49. The number of hydrogen-bond acceptors (Lipinski definition) is 5. The summed E-state index contributed by atoms with van der Waals surface area (Å²) in [6.45, 7) is 6.38. The zero-order valence-electron chi connectivity index (χ0n) is 18.0. The molecular weight excluding hydrogens is 388 g/mol. The van der Waals surface area contributed by atoms with Crippen LogP contribution in [0.2, 0.25) is 0 Å². The molecule has 2 fully saturated rings. The number of carbonyl (C=O) groups is 2. The normalized spacial score (nSPS) is 19.7. The number of nitrogens with zero attached hydrogens (tertiary/aromatic N) is 2. The molecule has 1 aromatic rings. The monoisotopic (exact) mass is 420 g/mol. The van der Waals surface area contributed by atoms with Gasteiger partial charge in [0, 0.05) is 25.3 Å². The molecule has 1 spiro atoms. The van der Waals surface area contributed by atoms with E-state index in [-0.39, 0.29) is 28.7 Å². The highest BCUT2D eigenvalue weighted by Crippen LogP contribution is 2.47. The number of aliphatic hydroxyl groups excluding tert-OH is 1. The van der Waals surface area contributed by atoms with Crippen molar-refractivity contribution < 1.29 is 24.5 Å². The Bertz CT molecular complexity index is 851. The summed E-state index contributed by atoms with van der Waals surface area (Å²) < 4.78 is 7.06. The highest BCUT2D eigenvalue weighted by molar-refractivity contribution is 5.89. The van der Waals surface area contributed by atoms with Crippen LogP contribution in [0.5, 0.6) is 0 Å². The number of aliphatic hydroxyl groups is 1.